The van der Waals surface area contributed by atoms with E-state index in [0.717, 1.165) is 5.57 Å². The van der Waals surface area contributed by atoms with E-state index < -0.39 is 0 Å². The monoisotopic (exact) mass is 252 g/mol. The van der Waals surface area contributed by atoms with E-state index in [1.54, 1.807) is 9.80 Å². The molecule has 0 aliphatic carbocycles. The van der Waals surface area contributed by atoms with Gasteiger partial charge in [-0.1, -0.05) is 12.2 Å². The van der Waals surface area contributed by atoms with Crippen LogP contribution in [0.3, 0.4) is 0 Å². The van der Waals surface area contributed by atoms with Gasteiger partial charge >= 0.3 is 0 Å². The Morgan fingerprint density at radius 1 is 1.56 bits per heavy atom. The fourth-order valence-electron chi connectivity index (χ4n) is 2.33. The summed E-state index contributed by atoms with van der Waals surface area (Å²) in [7, 11) is 0. The summed E-state index contributed by atoms with van der Waals surface area (Å²) in [5, 5.41) is 0. The van der Waals surface area contributed by atoms with Crippen LogP contribution in [-0.4, -0.2) is 47.3 Å². The highest BCUT2D eigenvalue weighted by Crippen LogP contribution is 2.22. The Balaban J connectivity index is 2.68. The van der Waals surface area contributed by atoms with Crippen LogP contribution in [0.15, 0.2) is 12.2 Å². The fraction of sp³-hybridized carbons (Fsp3) is 0.714. The zero-order valence-electron chi connectivity index (χ0n) is 11.9. The van der Waals surface area contributed by atoms with Crippen molar-refractivity contribution in [2.45, 2.75) is 40.2 Å². The van der Waals surface area contributed by atoms with Crippen molar-refractivity contribution in [3.8, 4) is 0 Å². The van der Waals surface area contributed by atoms with E-state index in [1.807, 2.05) is 27.7 Å². The summed E-state index contributed by atoms with van der Waals surface area (Å²) in [5.41, 5.74) is 0.968. The van der Waals surface area contributed by atoms with Gasteiger partial charge in [-0.3, -0.25) is 9.59 Å². The summed E-state index contributed by atoms with van der Waals surface area (Å²) < 4.78 is 0. The van der Waals surface area contributed by atoms with Crippen LogP contribution in [0, 0.1) is 5.92 Å². The molecule has 0 saturated carbocycles. The van der Waals surface area contributed by atoms with E-state index in [4.69, 9.17) is 0 Å². The number of hydrogen-bond donors (Lipinski definition) is 0. The number of hydrogen-bond acceptors (Lipinski definition) is 2. The minimum Gasteiger partial charge on any atom is -0.339 e. The molecular formula is C14H24N2O2. The van der Waals surface area contributed by atoms with Gasteiger partial charge in [-0.25, -0.2) is 0 Å². The molecule has 0 spiro atoms. The molecule has 18 heavy (non-hydrogen) atoms. The number of rotatable bonds is 5. The molecule has 1 heterocycles. The standard InChI is InChI=1S/C14H24N2O2/c1-6-15(8-10(2)3)14(18)12-7-13(17)16(9-12)11(4)5/h11-12H,2,6-9H2,1,3-5H3. The molecule has 1 aliphatic rings. The van der Waals surface area contributed by atoms with Crippen molar-refractivity contribution in [1.82, 2.24) is 9.80 Å². The average molecular weight is 252 g/mol. The van der Waals surface area contributed by atoms with Gasteiger partial charge in [-0.2, -0.15) is 0 Å². The Kier molecular flexibility index (Phi) is 4.93. The molecule has 4 nitrogen and oxygen atoms in total. The third-order valence-electron chi connectivity index (χ3n) is 3.29. The molecule has 1 fully saturated rings. The lowest BCUT2D eigenvalue weighted by Gasteiger charge is -2.25. The maximum Gasteiger partial charge on any atom is 0.228 e. The second-order valence-electron chi connectivity index (χ2n) is 5.35. The van der Waals surface area contributed by atoms with Crippen molar-refractivity contribution in [2.75, 3.05) is 19.6 Å². The number of amides is 2. The normalized spacial score (nSPS) is 19.5. The minimum absolute atomic E-state index is 0.0806. The molecule has 1 saturated heterocycles. The molecule has 0 bridgehead atoms. The highest BCUT2D eigenvalue weighted by molar-refractivity contribution is 5.89. The van der Waals surface area contributed by atoms with E-state index in [9.17, 15) is 9.59 Å². The molecule has 1 unspecified atom stereocenters. The number of carbonyl (C=O) groups is 2. The van der Waals surface area contributed by atoms with Crippen LogP contribution in [0.25, 0.3) is 0 Å². The van der Waals surface area contributed by atoms with E-state index in [0.29, 0.717) is 26.1 Å². The summed E-state index contributed by atoms with van der Waals surface area (Å²) in [6.07, 6.45) is 0.351. The van der Waals surface area contributed by atoms with Gasteiger partial charge < -0.3 is 9.80 Å². The predicted molar refractivity (Wildman–Crippen MR) is 72.0 cm³/mol. The lowest BCUT2D eigenvalue weighted by atomic mass is 10.1. The van der Waals surface area contributed by atoms with Gasteiger partial charge in [-0.15, -0.1) is 0 Å². The van der Waals surface area contributed by atoms with Crippen LogP contribution in [0.2, 0.25) is 0 Å². The molecule has 1 aliphatic heterocycles. The van der Waals surface area contributed by atoms with E-state index in [-0.39, 0.29) is 23.8 Å². The topological polar surface area (TPSA) is 40.6 Å². The molecule has 0 N–H and O–H groups in total. The SMILES string of the molecule is C=C(C)CN(CC)C(=O)C1CC(=O)N(C(C)C)C1. The van der Waals surface area contributed by atoms with Crippen LogP contribution in [0.4, 0.5) is 0 Å². The zero-order valence-corrected chi connectivity index (χ0v) is 11.9. The van der Waals surface area contributed by atoms with E-state index >= 15 is 0 Å². The van der Waals surface area contributed by atoms with Gasteiger partial charge in [0.05, 0.1) is 5.92 Å². The molecule has 2 amide bonds. The zero-order chi connectivity index (χ0) is 13.9. The molecule has 0 radical (unpaired) electrons. The van der Waals surface area contributed by atoms with Gasteiger partial charge in [0.15, 0.2) is 0 Å². The Bertz CT molecular complexity index is 350. The first-order valence-corrected chi connectivity index (χ1v) is 6.59. The van der Waals surface area contributed by atoms with E-state index in [1.165, 1.54) is 0 Å². The number of nitrogens with zero attached hydrogens (tertiary/aromatic N) is 2. The minimum atomic E-state index is -0.181. The fourth-order valence-corrected chi connectivity index (χ4v) is 2.33. The Labute approximate surface area is 110 Å². The summed E-state index contributed by atoms with van der Waals surface area (Å²) in [6.45, 7) is 13.5. The number of carbonyl (C=O) groups excluding carboxylic acids is 2. The number of likely N-dealkylation sites (tertiary alicyclic amines) is 1. The van der Waals surface area contributed by atoms with Crippen molar-refractivity contribution in [3.63, 3.8) is 0 Å². The Morgan fingerprint density at radius 2 is 2.17 bits per heavy atom. The summed E-state index contributed by atoms with van der Waals surface area (Å²) in [6, 6.07) is 0.173. The quantitative estimate of drug-likeness (QED) is 0.698. The number of likely N-dealkylation sites (N-methyl/N-ethyl adjacent to an activating group) is 1. The molecule has 4 heteroatoms. The largest absolute Gasteiger partial charge is 0.339 e. The Hall–Kier alpha value is -1.32. The maximum atomic E-state index is 12.3. The molecule has 0 aromatic carbocycles. The summed E-state index contributed by atoms with van der Waals surface area (Å²) in [5.74, 6) is -0.00840. The van der Waals surface area contributed by atoms with Crippen molar-refractivity contribution < 1.29 is 9.59 Å². The van der Waals surface area contributed by atoms with E-state index in [2.05, 4.69) is 6.58 Å². The first-order valence-electron chi connectivity index (χ1n) is 6.59. The maximum absolute atomic E-state index is 12.3. The van der Waals surface area contributed by atoms with Crippen LogP contribution < -0.4 is 0 Å². The van der Waals surface area contributed by atoms with Crippen molar-refractivity contribution in [1.29, 1.82) is 0 Å². The molecule has 102 valence electrons. The van der Waals surface area contributed by atoms with Gasteiger partial charge in [0.1, 0.15) is 0 Å². The molecule has 0 aromatic rings. The van der Waals surface area contributed by atoms with Crippen molar-refractivity contribution in [3.05, 3.63) is 12.2 Å². The second-order valence-corrected chi connectivity index (χ2v) is 5.35. The summed E-state index contributed by atoms with van der Waals surface area (Å²) in [4.78, 5) is 27.7. The van der Waals surface area contributed by atoms with Gasteiger partial charge in [0.2, 0.25) is 11.8 Å². The molecular weight excluding hydrogens is 228 g/mol. The smallest absolute Gasteiger partial charge is 0.228 e. The first kappa shape index (κ1) is 14.7. The molecule has 1 atom stereocenters. The highest BCUT2D eigenvalue weighted by Gasteiger charge is 2.37. The van der Waals surface area contributed by atoms with Gasteiger partial charge in [-0.05, 0) is 27.7 Å². The summed E-state index contributed by atoms with van der Waals surface area (Å²) >= 11 is 0. The third kappa shape index (κ3) is 3.34. The predicted octanol–water partition coefficient (Wildman–Crippen LogP) is 1.67. The third-order valence-corrected chi connectivity index (χ3v) is 3.29. The molecule has 0 aromatic heterocycles. The van der Waals surface area contributed by atoms with Gasteiger partial charge in [0, 0.05) is 32.1 Å². The van der Waals surface area contributed by atoms with Crippen LogP contribution in [0.1, 0.15) is 34.1 Å². The van der Waals surface area contributed by atoms with Gasteiger partial charge in [0.25, 0.3) is 0 Å². The molecule has 1 rings (SSSR count). The van der Waals surface area contributed by atoms with Crippen LogP contribution >= 0.6 is 0 Å². The van der Waals surface area contributed by atoms with Crippen molar-refractivity contribution >= 4 is 11.8 Å². The first-order chi connectivity index (χ1) is 8.36. The van der Waals surface area contributed by atoms with Crippen LogP contribution in [-0.2, 0) is 9.59 Å². The van der Waals surface area contributed by atoms with Crippen molar-refractivity contribution in [2.24, 2.45) is 5.92 Å². The highest BCUT2D eigenvalue weighted by atomic mass is 16.2. The van der Waals surface area contributed by atoms with Crippen LogP contribution in [0.5, 0.6) is 0 Å². The average Bonchev–Trinajstić information content (AvgIpc) is 2.67. The second kappa shape index (κ2) is 6.03. The lowest BCUT2D eigenvalue weighted by molar-refractivity contribution is -0.135. The lowest BCUT2D eigenvalue weighted by Crippen LogP contribution is -2.39. The Morgan fingerprint density at radius 3 is 2.56 bits per heavy atom.